The lowest BCUT2D eigenvalue weighted by atomic mass is 10.1. The molecule has 1 unspecified atom stereocenters. The quantitative estimate of drug-likeness (QED) is 0.862. The van der Waals surface area contributed by atoms with Crippen molar-refractivity contribution in [2.24, 2.45) is 0 Å². The third kappa shape index (κ3) is 3.17. The van der Waals surface area contributed by atoms with Gasteiger partial charge >= 0.3 is 0 Å². The van der Waals surface area contributed by atoms with Gasteiger partial charge in [0.1, 0.15) is 5.75 Å². The van der Waals surface area contributed by atoms with Crippen LogP contribution in [0.2, 0.25) is 0 Å². The number of methoxy groups -OCH3 is 1. The summed E-state index contributed by atoms with van der Waals surface area (Å²) in [5, 5.41) is 6.09. The first-order chi connectivity index (χ1) is 8.70. The number of carbonyl (C=O) groups excluding carboxylic acids is 1. The number of amides is 1. The molecule has 0 aliphatic carbocycles. The van der Waals surface area contributed by atoms with Gasteiger partial charge in [0.05, 0.1) is 13.2 Å². The third-order valence-electron chi connectivity index (χ3n) is 2.97. The van der Waals surface area contributed by atoms with Crippen LogP contribution >= 0.6 is 11.8 Å². The number of benzene rings is 1. The molecule has 0 bridgehead atoms. The van der Waals surface area contributed by atoms with Gasteiger partial charge in [0, 0.05) is 18.2 Å². The van der Waals surface area contributed by atoms with Crippen molar-refractivity contribution in [1.82, 2.24) is 10.6 Å². The van der Waals surface area contributed by atoms with Crippen molar-refractivity contribution in [3.63, 3.8) is 0 Å². The molecule has 1 aliphatic heterocycles. The van der Waals surface area contributed by atoms with E-state index in [0.29, 0.717) is 6.54 Å². The average molecular weight is 266 g/mol. The first-order valence-electron chi connectivity index (χ1n) is 5.93. The fourth-order valence-corrected chi connectivity index (χ4v) is 2.79. The van der Waals surface area contributed by atoms with Crippen molar-refractivity contribution in [2.75, 3.05) is 18.7 Å². The van der Waals surface area contributed by atoms with E-state index in [1.54, 1.807) is 18.9 Å². The second kappa shape index (κ2) is 6.11. The fraction of sp³-hybridized carbons (Fsp3) is 0.462. The summed E-state index contributed by atoms with van der Waals surface area (Å²) in [6, 6.07) is 5.92. The van der Waals surface area contributed by atoms with Gasteiger partial charge in [-0.2, -0.15) is 0 Å². The number of aryl methyl sites for hydroxylation is 1. The molecule has 1 aromatic carbocycles. The minimum Gasteiger partial charge on any atom is -0.496 e. The number of carbonyl (C=O) groups is 1. The fourth-order valence-electron chi connectivity index (χ4n) is 1.85. The van der Waals surface area contributed by atoms with E-state index in [4.69, 9.17) is 4.74 Å². The van der Waals surface area contributed by atoms with Crippen molar-refractivity contribution >= 4 is 17.7 Å². The van der Waals surface area contributed by atoms with Gasteiger partial charge in [-0.25, -0.2) is 0 Å². The maximum atomic E-state index is 11.8. The normalized spacial score (nSPS) is 18.7. The van der Waals surface area contributed by atoms with Gasteiger partial charge in [-0.3, -0.25) is 10.1 Å². The van der Waals surface area contributed by atoms with Crippen LogP contribution in [0.25, 0.3) is 0 Å². The van der Waals surface area contributed by atoms with Crippen LogP contribution in [-0.2, 0) is 11.3 Å². The van der Waals surface area contributed by atoms with Crippen molar-refractivity contribution in [3.05, 3.63) is 29.3 Å². The Bertz CT molecular complexity index is 431. The Hall–Kier alpha value is -1.20. The summed E-state index contributed by atoms with van der Waals surface area (Å²) in [5.41, 5.74) is 2.15. The van der Waals surface area contributed by atoms with Gasteiger partial charge in [-0.1, -0.05) is 12.1 Å². The molecule has 2 N–H and O–H groups in total. The number of hydrogen-bond acceptors (Lipinski definition) is 4. The largest absolute Gasteiger partial charge is 0.496 e. The molecular weight excluding hydrogens is 248 g/mol. The van der Waals surface area contributed by atoms with E-state index in [9.17, 15) is 4.79 Å². The first-order valence-corrected chi connectivity index (χ1v) is 7.08. The highest BCUT2D eigenvalue weighted by atomic mass is 32.2. The molecule has 1 atom stereocenters. The van der Waals surface area contributed by atoms with E-state index < -0.39 is 0 Å². The monoisotopic (exact) mass is 266 g/mol. The van der Waals surface area contributed by atoms with E-state index in [2.05, 4.69) is 10.6 Å². The molecule has 1 saturated heterocycles. The highest BCUT2D eigenvalue weighted by Crippen LogP contribution is 2.18. The number of nitrogens with one attached hydrogen (secondary N) is 2. The van der Waals surface area contributed by atoms with Crippen LogP contribution in [0.1, 0.15) is 11.1 Å². The van der Waals surface area contributed by atoms with Crippen molar-refractivity contribution < 1.29 is 9.53 Å². The van der Waals surface area contributed by atoms with Gasteiger partial charge in [-0.05, 0) is 24.1 Å². The summed E-state index contributed by atoms with van der Waals surface area (Å²) in [5.74, 6) is 2.63. The number of rotatable bonds is 4. The molecule has 18 heavy (non-hydrogen) atoms. The highest BCUT2D eigenvalue weighted by molar-refractivity contribution is 7.99. The molecule has 1 aliphatic rings. The Morgan fingerprint density at radius 1 is 1.61 bits per heavy atom. The molecule has 4 nitrogen and oxygen atoms in total. The van der Waals surface area contributed by atoms with Gasteiger partial charge in [-0.15, -0.1) is 11.8 Å². The summed E-state index contributed by atoms with van der Waals surface area (Å²) in [6.45, 7) is 2.54. The summed E-state index contributed by atoms with van der Waals surface area (Å²) >= 11 is 1.75. The van der Waals surface area contributed by atoms with E-state index in [1.807, 2.05) is 25.1 Å². The minimum atomic E-state index is -0.0534. The summed E-state index contributed by atoms with van der Waals surface area (Å²) in [7, 11) is 1.66. The Balaban J connectivity index is 1.91. The van der Waals surface area contributed by atoms with Gasteiger partial charge in [0.2, 0.25) is 5.91 Å². The second-order valence-corrected chi connectivity index (χ2v) is 5.32. The smallest absolute Gasteiger partial charge is 0.238 e. The van der Waals surface area contributed by atoms with Crippen LogP contribution in [0.4, 0.5) is 0 Å². The molecule has 0 spiro atoms. The maximum Gasteiger partial charge on any atom is 0.238 e. The van der Waals surface area contributed by atoms with E-state index in [1.165, 1.54) is 0 Å². The predicted molar refractivity (Wildman–Crippen MR) is 73.8 cm³/mol. The molecule has 2 rings (SSSR count). The summed E-state index contributed by atoms with van der Waals surface area (Å²) in [4.78, 5) is 11.8. The van der Waals surface area contributed by atoms with Crippen molar-refractivity contribution in [1.29, 1.82) is 0 Å². The Labute approximate surface area is 111 Å². The second-order valence-electron chi connectivity index (χ2n) is 4.29. The topological polar surface area (TPSA) is 50.4 Å². The summed E-state index contributed by atoms with van der Waals surface area (Å²) in [6.07, 6.45) is 0. The molecule has 1 aromatic rings. The highest BCUT2D eigenvalue weighted by Gasteiger charge is 2.21. The van der Waals surface area contributed by atoms with Gasteiger partial charge in [0.15, 0.2) is 0 Å². The van der Waals surface area contributed by atoms with Crippen LogP contribution in [0.5, 0.6) is 5.75 Å². The Morgan fingerprint density at radius 2 is 2.44 bits per heavy atom. The Kier molecular flexibility index (Phi) is 4.49. The Morgan fingerprint density at radius 3 is 3.11 bits per heavy atom. The molecule has 0 aromatic heterocycles. The average Bonchev–Trinajstić information content (AvgIpc) is 2.91. The van der Waals surface area contributed by atoms with Crippen molar-refractivity contribution in [3.8, 4) is 5.75 Å². The van der Waals surface area contributed by atoms with Gasteiger partial charge < -0.3 is 10.1 Å². The zero-order chi connectivity index (χ0) is 13.0. The molecule has 5 heteroatoms. The van der Waals surface area contributed by atoms with Crippen LogP contribution in [0, 0.1) is 6.92 Å². The molecule has 98 valence electrons. The SMILES string of the molecule is COc1cc(CNC(=O)C2CSCN2)ccc1C. The van der Waals surface area contributed by atoms with Crippen LogP contribution in [0.3, 0.4) is 0 Å². The number of ether oxygens (including phenoxy) is 1. The lowest BCUT2D eigenvalue weighted by Gasteiger charge is -2.12. The van der Waals surface area contributed by atoms with Crippen LogP contribution < -0.4 is 15.4 Å². The van der Waals surface area contributed by atoms with Crippen LogP contribution in [-0.4, -0.2) is 30.7 Å². The van der Waals surface area contributed by atoms with E-state index in [-0.39, 0.29) is 11.9 Å². The standard InChI is InChI=1S/C13H18N2O2S/c1-9-3-4-10(5-12(9)17-2)6-14-13(16)11-7-18-8-15-11/h3-5,11,15H,6-8H2,1-2H3,(H,14,16). The zero-order valence-corrected chi connectivity index (χ0v) is 11.5. The molecule has 1 fully saturated rings. The van der Waals surface area contributed by atoms with Crippen molar-refractivity contribution in [2.45, 2.75) is 19.5 Å². The van der Waals surface area contributed by atoms with Crippen LogP contribution in [0.15, 0.2) is 18.2 Å². The maximum absolute atomic E-state index is 11.8. The first kappa shape index (κ1) is 13.2. The zero-order valence-electron chi connectivity index (χ0n) is 10.7. The molecule has 1 heterocycles. The summed E-state index contributed by atoms with van der Waals surface area (Å²) < 4.78 is 5.26. The molecule has 0 saturated carbocycles. The van der Waals surface area contributed by atoms with Gasteiger partial charge in [0.25, 0.3) is 0 Å². The predicted octanol–water partition coefficient (Wildman–Crippen LogP) is 1.28. The lowest BCUT2D eigenvalue weighted by molar-refractivity contribution is -0.122. The number of thioether (sulfide) groups is 1. The lowest BCUT2D eigenvalue weighted by Crippen LogP contribution is -2.41. The number of hydrogen-bond donors (Lipinski definition) is 2. The molecule has 1 amide bonds. The van der Waals surface area contributed by atoms with E-state index >= 15 is 0 Å². The minimum absolute atomic E-state index is 0.0534. The third-order valence-corrected chi connectivity index (χ3v) is 3.91. The molecule has 0 radical (unpaired) electrons. The van der Waals surface area contributed by atoms with E-state index in [0.717, 1.165) is 28.5 Å². The molecular formula is C13H18N2O2S.